The summed E-state index contributed by atoms with van der Waals surface area (Å²) < 4.78 is 0. The van der Waals surface area contributed by atoms with E-state index in [9.17, 15) is 4.79 Å². The van der Waals surface area contributed by atoms with Crippen LogP contribution in [-0.2, 0) is 0 Å². The molecular weight excluding hydrogens is 274 g/mol. The molecule has 22 heavy (non-hydrogen) atoms. The summed E-state index contributed by atoms with van der Waals surface area (Å²) in [6, 6.07) is 11.1. The maximum Gasteiger partial charge on any atom is 0.320 e. The summed E-state index contributed by atoms with van der Waals surface area (Å²) in [5.74, 6) is 0.710. The largest absolute Gasteiger partial charge is 0.323 e. The fraction of sp³-hybridized carbons (Fsp3) is 0.611. The van der Waals surface area contributed by atoms with E-state index in [1.165, 1.54) is 18.4 Å². The third kappa shape index (κ3) is 2.39. The minimum absolute atomic E-state index is 0.266. The molecule has 1 saturated carbocycles. The van der Waals surface area contributed by atoms with Crippen molar-refractivity contribution in [1.82, 2.24) is 14.7 Å². The van der Waals surface area contributed by atoms with Gasteiger partial charge in [-0.3, -0.25) is 0 Å². The summed E-state index contributed by atoms with van der Waals surface area (Å²) in [7, 11) is 2.12. The van der Waals surface area contributed by atoms with Crippen LogP contribution in [-0.4, -0.2) is 67.0 Å². The first-order valence-corrected chi connectivity index (χ1v) is 8.43. The quantitative estimate of drug-likeness (QED) is 0.795. The summed E-state index contributed by atoms with van der Waals surface area (Å²) in [5.41, 5.74) is 1.90. The van der Waals surface area contributed by atoms with Gasteiger partial charge in [-0.2, -0.15) is 0 Å². The van der Waals surface area contributed by atoms with Gasteiger partial charge in [-0.05, 0) is 31.4 Å². The molecule has 1 spiro atoms. The molecule has 3 aliphatic rings. The molecule has 1 aliphatic carbocycles. The van der Waals surface area contributed by atoms with Gasteiger partial charge in [0, 0.05) is 44.7 Å². The Morgan fingerprint density at radius 1 is 1.00 bits per heavy atom. The zero-order chi connectivity index (χ0) is 15.2. The van der Waals surface area contributed by atoms with Crippen molar-refractivity contribution in [2.24, 2.45) is 5.41 Å². The summed E-state index contributed by atoms with van der Waals surface area (Å²) in [5, 5.41) is 0. The van der Waals surface area contributed by atoms with Gasteiger partial charge >= 0.3 is 6.03 Å². The van der Waals surface area contributed by atoms with E-state index in [2.05, 4.69) is 47.2 Å². The number of benzene rings is 1. The monoisotopic (exact) mass is 299 g/mol. The van der Waals surface area contributed by atoms with E-state index in [1.807, 2.05) is 4.90 Å². The van der Waals surface area contributed by atoms with E-state index in [1.54, 1.807) is 0 Å². The van der Waals surface area contributed by atoms with Crippen LogP contribution in [0.3, 0.4) is 0 Å². The SMILES string of the molecule is CN1CCN(C(=O)N2CC3(CC(c4ccccc4)C3)C2)CC1. The molecule has 1 aromatic carbocycles. The number of nitrogens with zero attached hydrogens (tertiary/aromatic N) is 3. The lowest BCUT2D eigenvalue weighted by Gasteiger charge is -2.59. The second-order valence-corrected chi connectivity index (χ2v) is 7.44. The van der Waals surface area contributed by atoms with E-state index in [0.717, 1.165) is 39.3 Å². The van der Waals surface area contributed by atoms with Gasteiger partial charge in [0.2, 0.25) is 0 Å². The molecule has 2 saturated heterocycles. The first kappa shape index (κ1) is 14.1. The van der Waals surface area contributed by atoms with Crippen LogP contribution in [0.25, 0.3) is 0 Å². The first-order chi connectivity index (χ1) is 10.7. The van der Waals surface area contributed by atoms with E-state index in [0.29, 0.717) is 11.3 Å². The number of piperazine rings is 1. The number of carbonyl (C=O) groups is 1. The van der Waals surface area contributed by atoms with Crippen molar-refractivity contribution in [3.05, 3.63) is 35.9 Å². The Bertz CT molecular complexity index is 537. The minimum Gasteiger partial charge on any atom is -0.323 e. The highest BCUT2D eigenvalue weighted by Crippen LogP contribution is 2.56. The van der Waals surface area contributed by atoms with E-state index in [4.69, 9.17) is 0 Å². The molecule has 1 aromatic rings. The molecule has 2 heterocycles. The Morgan fingerprint density at radius 3 is 2.27 bits per heavy atom. The van der Waals surface area contributed by atoms with Gasteiger partial charge < -0.3 is 14.7 Å². The van der Waals surface area contributed by atoms with Gasteiger partial charge in [0.15, 0.2) is 0 Å². The van der Waals surface area contributed by atoms with Crippen molar-refractivity contribution in [1.29, 1.82) is 0 Å². The summed E-state index contributed by atoms with van der Waals surface area (Å²) in [4.78, 5) is 18.9. The molecule has 0 bridgehead atoms. The van der Waals surface area contributed by atoms with Gasteiger partial charge in [0.1, 0.15) is 0 Å². The van der Waals surface area contributed by atoms with Crippen molar-refractivity contribution in [3.8, 4) is 0 Å². The highest BCUT2D eigenvalue weighted by molar-refractivity contribution is 5.75. The number of hydrogen-bond donors (Lipinski definition) is 0. The normalized spacial score (nSPS) is 25.0. The molecule has 0 aromatic heterocycles. The number of likely N-dealkylation sites (tertiary alicyclic amines) is 1. The molecule has 0 N–H and O–H groups in total. The Balaban J connectivity index is 1.27. The molecular formula is C18H25N3O. The molecule has 118 valence electrons. The number of hydrogen-bond acceptors (Lipinski definition) is 2. The molecule has 4 nitrogen and oxygen atoms in total. The van der Waals surface area contributed by atoms with Crippen LogP contribution in [0.5, 0.6) is 0 Å². The molecule has 0 atom stereocenters. The fourth-order valence-corrected chi connectivity index (χ4v) is 4.30. The van der Waals surface area contributed by atoms with Gasteiger partial charge in [-0.1, -0.05) is 30.3 Å². The summed E-state index contributed by atoms with van der Waals surface area (Å²) in [6.07, 6.45) is 2.51. The Kier molecular flexibility index (Phi) is 3.37. The van der Waals surface area contributed by atoms with Crippen LogP contribution in [0.4, 0.5) is 4.79 Å². The lowest BCUT2D eigenvalue weighted by Crippen LogP contribution is -2.66. The first-order valence-electron chi connectivity index (χ1n) is 8.43. The average molecular weight is 299 g/mol. The number of carbonyl (C=O) groups excluding carboxylic acids is 1. The van der Waals surface area contributed by atoms with Gasteiger partial charge in [-0.15, -0.1) is 0 Å². The molecule has 4 rings (SSSR count). The van der Waals surface area contributed by atoms with Crippen LogP contribution in [0, 0.1) is 5.41 Å². The van der Waals surface area contributed by atoms with Crippen molar-refractivity contribution in [3.63, 3.8) is 0 Å². The number of amides is 2. The third-order valence-electron chi connectivity index (χ3n) is 5.73. The molecule has 4 heteroatoms. The number of rotatable bonds is 1. The van der Waals surface area contributed by atoms with Gasteiger partial charge in [0.25, 0.3) is 0 Å². The van der Waals surface area contributed by atoms with Crippen LogP contribution in [0.2, 0.25) is 0 Å². The smallest absolute Gasteiger partial charge is 0.320 e. The lowest BCUT2D eigenvalue weighted by molar-refractivity contribution is -0.0561. The second kappa shape index (κ2) is 5.27. The van der Waals surface area contributed by atoms with Crippen LogP contribution in [0.15, 0.2) is 30.3 Å². The molecule has 3 fully saturated rings. The Hall–Kier alpha value is -1.55. The fourth-order valence-electron chi connectivity index (χ4n) is 4.30. The van der Waals surface area contributed by atoms with Crippen molar-refractivity contribution in [2.75, 3.05) is 46.3 Å². The molecule has 2 amide bonds. The third-order valence-corrected chi connectivity index (χ3v) is 5.73. The van der Waals surface area contributed by atoms with Gasteiger partial charge in [-0.25, -0.2) is 4.79 Å². The number of likely N-dealkylation sites (N-methyl/N-ethyl adjacent to an activating group) is 1. The van der Waals surface area contributed by atoms with Crippen LogP contribution < -0.4 is 0 Å². The Labute approximate surface area is 132 Å². The predicted molar refractivity (Wildman–Crippen MR) is 86.9 cm³/mol. The topological polar surface area (TPSA) is 26.8 Å². The van der Waals surface area contributed by atoms with Crippen molar-refractivity contribution in [2.45, 2.75) is 18.8 Å². The molecule has 0 radical (unpaired) electrons. The minimum atomic E-state index is 0.266. The number of urea groups is 1. The summed E-state index contributed by atoms with van der Waals surface area (Å²) in [6.45, 7) is 5.71. The van der Waals surface area contributed by atoms with Gasteiger partial charge in [0.05, 0.1) is 0 Å². The molecule has 0 unspecified atom stereocenters. The second-order valence-electron chi connectivity index (χ2n) is 7.44. The summed E-state index contributed by atoms with van der Waals surface area (Å²) >= 11 is 0. The molecule has 2 aliphatic heterocycles. The average Bonchev–Trinajstić information content (AvgIpc) is 2.46. The maximum atomic E-state index is 12.5. The maximum absolute atomic E-state index is 12.5. The van der Waals surface area contributed by atoms with Crippen LogP contribution >= 0.6 is 0 Å². The van der Waals surface area contributed by atoms with Crippen molar-refractivity contribution >= 4 is 6.03 Å². The Morgan fingerprint density at radius 2 is 1.64 bits per heavy atom. The zero-order valence-corrected chi connectivity index (χ0v) is 13.4. The van der Waals surface area contributed by atoms with Crippen molar-refractivity contribution < 1.29 is 4.79 Å². The standard InChI is InChI=1S/C18H25N3O/c1-19-7-9-20(10-8-19)17(22)21-13-18(14-21)11-16(12-18)15-5-3-2-4-6-15/h2-6,16H,7-14H2,1H3. The van der Waals surface area contributed by atoms with Crippen LogP contribution in [0.1, 0.15) is 24.3 Å². The van der Waals surface area contributed by atoms with E-state index in [-0.39, 0.29) is 6.03 Å². The van der Waals surface area contributed by atoms with E-state index >= 15 is 0 Å². The predicted octanol–water partition coefficient (Wildman–Crippen LogP) is 2.23. The lowest BCUT2D eigenvalue weighted by atomic mass is 9.56. The highest BCUT2D eigenvalue weighted by atomic mass is 16.2. The zero-order valence-electron chi connectivity index (χ0n) is 13.4. The van der Waals surface area contributed by atoms with E-state index < -0.39 is 0 Å². The highest BCUT2D eigenvalue weighted by Gasteiger charge is 2.54.